The van der Waals surface area contributed by atoms with Crippen LogP contribution in [0, 0.1) is 6.92 Å². The second-order valence-corrected chi connectivity index (χ2v) is 12.9. The largest absolute Gasteiger partial charge is 0.444 e. The minimum Gasteiger partial charge on any atom is -0.444 e. The number of ether oxygens (including phenoxy) is 2. The van der Waals surface area contributed by atoms with E-state index in [-0.39, 0.29) is 24.3 Å². The first kappa shape index (κ1) is 30.4. The fraction of sp³-hybridized carbons (Fsp3) is 0.400. The lowest BCUT2D eigenvalue weighted by Gasteiger charge is -2.34. The fourth-order valence-electron chi connectivity index (χ4n) is 5.63. The van der Waals surface area contributed by atoms with Gasteiger partial charge < -0.3 is 19.7 Å². The van der Waals surface area contributed by atoms with Crippen LogP contribution in [-0.4, -0.2) is 62.1 Å². The molecule has 2 aromatic carbocycles. The quantitative estimate of drug-likeness (QED) is 0.223. The molecule has 1 N–H and O–H groups in total. The Balaban J connectivity index is 1.23. The number of benzene rings is 2. The van der Waals surface area contributed by atoms with Gasteiger partial charge in [-0.3, -0.25) is 4.79 Å². The molecule has 1 aliphatic carbocycles. The fourth-order valence-corrected chi connectivity index (χ4v) is 5.63. The molecular formula is C35H38FN5O4. The summed E-state index contributed by atoms with van der Waals surface area (Å²) in [5, 5.41) is 5.05. The molecule has 4 aromatic rings. The van der Waals surface area contributed by atoms with E-state index in [1.165, 1.54) is 0 Å². The van der Waals surface area contributed by atoms with Crippen molar-refractivity contribution in [2.24, 2.45) is 0 Å². The van der Waals surface area contributed by atoms with E-state index >= 15 is 0 Å². The summed E-state index contributed by atoms with van der Waals surface area (Å²) < 4.78 is 26.5. The first-order valence-electron chi connectivity index (χ1n) is 15.4. The number of hydrogen-bond donors (Lipinski definition) is 1. The number of amides is 1. The van der Waals surface area contributed by atoms with Gasteiger partial charge >= 0.3 is 6.09 Å². The highest BCUT2D eigenvalue weighted by Gasteiger charge is 2.50. The molecule has 0 bridgehead atoms. The number of halogens is 1. The number of rotatable bonds is 8. The number of pyridine rings is 1. The van der Waals surface area contributed by atoms with Gasteiger partial charge in [0.1, 0.15) is 11.4 Å². The van der Waals surface area contributed by atoms with E-state index in [0.717, 1.165) is 34.7 Å². The number of carbonyl (C=O) groups excluding carboxylic acids is 2. The van der Waals surface area contributed by atoms with Crippen molar-refractivity contribution in [3.8, 4) is 22.9 Å². The number of nitrogens with one attached hydrogen (secondary N) is 1. The first-order chi connectivity index (χ1) is 21.5. The number of carbonyl (C=O) groups is 2. The van der Waals surface area contributed by atoms with E-state index in [1.807, 2.05) is 70.2 Å². The molecule has 6 rings (SSSR count). The zero-order valence-corrected chi connectivity index (χ0v) is 26.1. The van der Waals surface area contributed by atoms with Crippen LogP contribution in [0.4, 0.5) is 15.1 Å². The van der Waals surface area contributed by atoms with Crippen molar-refractivity contribution in [1.29, 1.82) is 0 Å². The molecule has 1 saturated heterocycles. The Morgan fingerprint density at radius 1 is 1.04 bits per heavy atom. The normalized spacial score (nSPS) is 17.5. The number of aromatic nitrogens is 3. The van der Waals surface area contributed by atoms with Crippen LogP contribution >= 0.6 is 0 Å². The molecule has 1 amide bonds. The monoisotopic (exact) mass is 611 g/mol. The summed E-state index contributed by atoms with van der Waals surface area (Å²) in [6.07, 6.45) is 5.37. The van der Waals surface area contributed by atoms with Crippen LogP contribution in [0.2, 0.25) is 0 Å². The topological polar surface area (TPSA) is 107 Å². The van der Waals surface area contributed by atoms with Crippen molar-refractivity contribution < 1.29 is 23.5 Å². The molecule has 234 valence electrons. The van der Waals surface area contributed by atoms with Crippen molar-refractivity contribution in [3.63, 3.8) is 0 Å². The molecule has 2 aromatic heterocycles. The highest BCUT2D eigenvalue weighted by molar-refractivity contribution is 5.98. The zero-order valence-electron chi connectivity index (χ0n) is 26.1. The van der Waals surface area contributed by atoms with Crippen molar-refractivity contribution in [2.45, 2.75) is 77.1 Å². The maximum absolute atomic E-state index is 14.5. The molecule has 45 heavy (non-hydrogen) atoms. The van der Waals surface area contributed by atoms with Crippen LogP contribution in [-0.2, 0) is 16.0 Å². The van der Waals surface area contributed by atoms with Gasteiger partial charge in [-0.2, -0.15) is 0 Å². The minimum absolute atomic E-state index is 0.0299. The maximum atomic E-state index is 14.5. The highest BCUT2D eigenvalue weighted by atomic mass is 19.1. The summed E-state index contributed by atoms with van der Waals surface area (Å²) in [5.74, 6) is 1.05. The lowest BCUT2D eigenvalue weighted by molar-refractivity contribution is -0.124. The predicted molar refractivity (Wildman–Crippen MR) is 170 cm³/mol. The Kier molecular flexibility index (Phi) is 8.16. The molecule has 0 unspecified atom stereocenters. The van der Waals surface area contributed by atoms with Crippen molar-refractivity contribution in [3.05, 3.63) is 72.1 Å². The van der Waals surface area contributed by atoms with E-state index < -0.39 is 11.3 Å². The molecule has 9 nitrogen and oxygen atoms in total. The van der Waals surface area contributed by atoms with Crippen LogP contribution in [0.25, 0.3) is 22.0 Å². The number of nitrogens with zero attached hydrogens (tertiary/aromatic N) is 4. The number of likely N-dealkylation sites (tertiary alicyclic amines) is 1. The van der Waals surface area contributed by atoms with Gasteiger partial charge in [0.25, 0.3) is 0 Å². The van der Waals surface area contributed by atoms with Crippen molar-refractivity contribution >= 4 is 28.6 Å². The van der Waals surface area contributed by atoms with Crippen LogP contribution in [0.3, 0.4) is 0 Å². The molecule has 2 fully saturated rings. The molecular weight excluding hydrogens is 573 g/mol. The second-order valence-electron chi connectivity index (χ2n) is 12.9. The Hall–Kier alpha value is -4.60. The lowest BCUT2D eigenvalue weighted by Crippen LogP contribution is -2.47. The SMILES string of the molecule is Cc1ccc2c(CC(=O)C3(F)CC3)cccc2c1Oc1ncccc1-c1ccnc(N[C@H]2CCCN(C(=O)OC(C)(C)C)C2)n1. The number of aryl methyl sites for hydroxylation is 1. The minimum atomic E-state index is -1.67. The number of hydrogen-bond acceptors (Lipinski definition) is 8. The predicted octanol–water partition coefficient (Wildman–Crippen LogP) is 7.22. The van der Waals surface area contributed by atoms with Crippen LogP contribution in [0.1, 0.15) is 57.6 Å². The molecule has 0 radical (unpaired) electrons. The van der Waals surface area contributed by atoms with Gasteiger partial charge in [-0.1, -0.05) is 30.3 Å². The molecule has 2 aliphatic rings. The number of piperidine rings is 1. The molecule has 0 spiro atoms. The number of ketones is 1. The number of alkyl halides is 1. The molecule has 1 atom stereocenters. The Bertz CT molecular complexity index is 1750. The van der Waals surface area contributed by atoms with Gasteiger partial charge in [-0.05, 0) is 88.1 Å². The summed E-state index contributed by atoms with van der Waals surface area (Å²) in [5.41, 5.74) is 0.735. The third kappa shape index (κ3) is 6.90. The Morgan fingerprint density at radius 3 is 2.64 bits per heavy atom. The summed E-state index contributed by atoms with van der Waals surface area (Å²) in [4.78, 5) is 40.7. The molecule has 1 saturated carbocycles. The van der Waals surface area contributed by atoms with Gasteiger partial charge in [0, 0.05) is 43.3 Å². The average Bonchev–Trinajstić information content (AvgIpc) is 3.77. The standard InChI is InChI=1S/C35H38FN5O4/c1-22-12-13-25-23(20-29(42)35(36)15-16-35)8-5-10-26(25)30(22)44-31-27(11-6-17-37-31)28-14-18-38-32(40-28)39-24-9-7-19-41(21-24)33(43)45-34(2,3)4/h5-6,8,10-14,17-18,24H,7,9,15-16,19-21H2,1-4H3,(H,38,39,40)/t24-/m0/s1. The van der Waals surface area contributed by atoms with Crippen molar-refractivity contribution in [1.82, 2.24) is 19.9 Å². The van der Waals surface area contributed by atoms with Gasteiger partial charge in [-0.25, -0.2) is 24.1 Å². The van der Waals surface area contributed by atoms with Gasteiger partial charge in [-0.15, -0.1) is 0 Å². The van der Waals surface area contributed by atoms with Crippen LogP contribution in [0.5, 0.6) is 11.6 Å². The molecule has 10 heteroatoms. The summed E-state index contributed by atoms with van der Waals surface area (Å²) >= 11 is 0. The Morgan fingerprint density at radius 2 is 1.87 bits per heavy atom. The van der Waals surface area contributed by atoms with Crippen LogP contribution < -0.4 is 10.1 Å². The smallest absolute Gasteiger partial charge is 0.410 e. The van der Waals surface area contributed by atoms with E-state index in [4.69, 9.17) is 14.5 Å². The number of anilines is 1. The Labute approximate surface area is 262 Å². The van der Waals surface area contributed by atoms with Gasteiger partial charge in [0.05, 0.1) is 11.3 Å². The second kappa shape index (κ2) is 12.1. The third-order valence-electron chi connectivity index (χ3n) is 8.15. The lowest BCUT2D eigenvalue weighted by atomic mass is 9.96. The zero-order chi connectivity index (χ0) is 31.8. The third-order valence-corrected chi connectivity index (χ3v) is 8.15. The van der Waals surface area contributed by atoms with Gasteiger partial charge in [0.2, 0.25) is 11.8 Å². The van der Waals surface area contributed by atoms with E-state index in [0.29, 0.717) is 54.8 Å². The molecule has 1 aliphatic heterocycles. The summed E-state index contributed by atoms with van der Waals surface area (Å²) in [7, 11) is 0. The maximum Gasteiger partial charge on any atom is 0.410 e. The average molecular weight is 612 g/mol. The van der Waals surface area contributed by atoms with E-state index in [9.17, 15) is 14.0 Å². The summed E-state index contributed by atoms with van der Waals surface area (Å²) in [6.45, 7) is 8.67. The van der Waals surface area contributed by atoms with Crippen LogP contribution in [0.15, 0.2) is 60.9 Å². The van der Waals surface area contributed by atoms with E-state index in [1.54, 1.807) is 23.4 Å². The molecule has 3 heterocycles. The van der Waals surface area contributed by atoms with Crippen molar-refractivity contribution in [2.75, 3.05) is 18.4 Å². The highest BCUT2D eigenvalue weighted by Crippen LogP contribution is 2.42. The number of Topliss-reactive ketones (excluding diaryl/α,β-unsaturated/α-hetero) is 1. The number of fused-ring (bicyclic) bond motifs is 1. The van der Waals surface area contributed by atoms with Gasteiger partial charge in [0.15, 0.2) is 11.5 Å². The summed E-state index contributed by atoms with van der Waals surface area (Å²) in [6, 6.07) is 15.0. The van der Waals surface area contributed by atoms with E-state index in [2.05, 4.69) is 15.3 Å². The first-order valence-corrected chi connectivity index (χ1v) is 15.4.